The molecule has 6 bridgehead atoms. The van der Waals surface area contributed by atoms with E-state index in [1.807, 2.05) is 66.1 Å². The van der Waals surface area contributed by atoms with Crippen molar-refractivity contribution >= 4 is 17.4 Å². The number of aliphatic carboxylic acids is 1. The van der Waals surface area contributed by atoms with Gasteiger partial charge in [-0.15, -0.1) is 0 Å². The molecule has 7 nitrogen and oxygen atoms in total. The zero-order chi connectivity index (χ0) is 28.6. The normalized spacial score (nSPS) is 17.7. The summed E-state index contributed by atoms with van der Waals surface area (Å²) in [5.74, 6) is -0.172. The number of carbonyl (C=O) groups is 1. The van der Waals surface area contributed by atoms with Crippen LogP contribution in [-0.4, -0.2) is 52.4 Å². The summed E-state index contributed by atoms with van der Waals surface area (Å²) in [7, 11) is 0. The number of ether oxygens (including phenoxy) is 2. The van der Waals surface area contributed by atoms with Gasteiger partial charge in [-0.3, -0.25) is 9.20 Å². The Bertz CT molecular complexity index is 1640. The van der Waals surface area contributed by atoms with E-state index >= 15 is 0 Å². The van der Waals surface area contributed by atoms with Crippen LogP contribution in [0.25, 0.3) is 28.0 Å². The lowest BCUT2D eigenvalue weighted by atomic mass is 9.92. The van der Waals surface area contributed by atoms with Crippen molar-refractivity contribution in [2.24, 2.45) is 0 Å². The number of rotatable bonds is 2. The molecule has 1 saturated heterocycles. The van der Waals surface area contributed by atoms with E-state index in [0.717, 1.165) is 65.3 Å². The molecule has 0 saturated carbocycles. The number of hydrogen-bond acceptors (Lipinski definition) is 5. The second-order valence-corrected chi connectivity index (χ2v) is 11.1. The predicted molar refractivity (Wildman–Crippen MR) is 157 cm³/mol. The van der Waals surface area contributed by atoms with E-state index < -0.39 is 11.8 Å². The summed E-state index contributed by atoms with van der Waals surface area (Å²) >= 11 is 0. The van der Waals surface area contributed by atoms with Gasteiger partial charge in [0.15, 0.2) is 11.6 Å². The number of piperidine rings is 1. The second-order valence-electron chi connectivity index (χ2n) is 11.1. The highest BCUT2D eigenvalue weighted by atomic mass is 19.1. The lowest BCUT2D eigenvalue weighted by Crippen LogP contribution is -2.45. The monoisotopic (exact) mass is 555 g/mol. The molecular formula is C33H34FN3O4. The average molecular weight is 556 g/mol. The van der Waals surface area contributed by atoms with Crippen LogP contribution >= 0.6 is 0 Å². The molecule has 4 aromatic rings. The molecule has 8 heteroatoms. The summed E-state index contributed by atoms with van der Waals surface area (Å²) < 4.78 is 29.2. The van der Waals surface area contributed by atoms with Gasteiger partial charge >= 0.3 is 5.97 Å². The molecule has 2 aromatic carbocycles. The standard InChI is InChI=1S/C33H34FN3O4/c1-22-18-29-35-28-21-37(29)32(26(22)20-30(38)39)36-14-12-33(2,13-15-36)41-17-5-3-4-16-40-31-25(10-7-11-27(31)34)23-8-6-9-24(28)19-23/h3,5-11,18-19,21H,4,12-17,20H2,1-2H3,(H,38,39)/b5-3+. The SMILES string of the molecule is Cc1cc2nc3cn2c(c1CC(=O)O)N1CCC(C)(CC1)OC/C=C/CCOc1c(F)cccc1-c1cccc-3c1. The van der Waals surface area contributed by atoms with Gasteiger partial charge < -0.3 is 19.5 Å². The maximum absolute atomic E-state index is 14.9. The first-order valence-corrected chi connectivity index (χ1v) is 14.1. The van der Waals surface area contributed by atoms with E-state index in [-0.39, 0.29) is 17.8 Å². The molecule has 1 N–H and O–H groups in total. The minimum Gasteiger partial charge on any atom is -0.490 e. The fourth-order valence-corrected chi connectivity index (χ4v) is 5.85. The smallest absolute Gasteiger partial charge is 0.307 e. The number of pyridine rings is 1. The van der Waals surface area contributed by atoms with Crippen LogP contribution in [0.1, 0.15) is 37.3 Å². The Balaban J connectivity index is 1.51. The van der Waals surface area contributed by atoms with Crippen LogP contribution in [0, 0.1) is 12.7 Å². The number of nitrogens with zero attached hydrogens (tertiary/aromatic N) is 3. The van der Waals surface area contributed by atoms with Crippen LogP contribution in [0.15, 0.2) is 66.9 Å². The molecule has 0 spiro atoms. The third-order valence-electron chi connectivity index (χ3n) is 8.16. The van der Waals surface area contributed by atoms with Crippen LogP contribution in [0.2, 0.25) is 0 Å². The molecule has 41 heavy (non-hydrogen) atoms. The van der Waals surface area contributed by atoms with Crippen molar-refractivity contribution in [3.8, 4) is 28.1 Å². The van der Waals surface area contributed by atoms with Crippen molar-refractivity contribution < 1.29 is 23.8 Å². The number of benzene rings is 2. The molecule has 3 aliphatic rings. The lowest BCUT2D eigenvalue weighted by molar-refractivity contribution is -0.136. The molecule has 212 valence electrons. The van der Waals surface area contributed by atoms with Gasteiger partial charge in [-0.1, -0.05) is 42.5 Å². The van der Waals surface area contributed by atoms with Crippen LogP contribution in [0.5, 0.6) is 5.75 Å². The molecule has 7 rings (SSSR count). The molecule has 1 fully saturated rings. The highest BCUT2D eigenvalue weighted by molar-refractivity contribution is 5.78. The van der Waals surface area contributed by atoms with Gasteiger partial charge in [0.05, 0.1) is 30.9 Å². The molecule has 0 radical (unpaired) electrons. The third-order valence-corrected chi connectivity index (χ3v) is 8.16. The summed E-state index contributed by atoms with van der Waals surface area (Å²) in [5.41, 5.74) is 5.29. The number of carboxylic acid groups (broad SMARTS) is 1. The van der Waals surface area contributed by atoms with E-state index in [1.54, 1.807) is 6.07 Å². The van der Waals surface area contributed by atoms with E-state index in [9.17, 15) is 14.3 Å². The number of hydrogen-bond donors (Lipinski definition) is 1. The maximum atomic E-state index is 14.9. The van der Waals surface area contributed by atoms with E-state index in [2.05, 4.69) is 11.8 Å². The fourth-order valence-electron chi connectivity index (χ4n) is 5.85. The Hall–Kier alpha value is -4.17. The molecular weight excluding hydrogens is 521 g/mol. The molecule has 5 heterocycles. The van der Waals surface area contributed by atoms with Crippen molar-refractivity contribution in [1.82, 2.24) is 9.38 Å². The lowest BCUT2D eigenvalue weighted by Gasteiger charge is -2.41. The van der Waals surface area contributed by atoms with Gasteiger partial charge in [0, 0.05) is 36.0 Å². The molecule has 0 amide bonds. The van der Waals surface area contributed by atoms with Crippen LogP contribution < -0.4 is 9.64 Å². The number of carboxylic acids is 1. The van der Waals surface area contributed by atoms with Gasteiger partial charge in [0.25, 0.3) is 0 Å². The molecule has 3 aliphatic heterocycles. The largest absolute Gasteiger partial charge is 0.490 e. The van der Waals surface area contributed by atoms with E-state index in [1.165, 1.54) is 6.07 Å². The number of para-hydroxylation sites is 1. The Morgan fingerprint density at radius 1 is 1.10 bits per heavy atom. The summed E-state index contributed by atoms with van der Waals surface area (Å²) in [6.07, 6.45) is 8.16. The van der Waals surface area contributed by atoms with Gasteiger partial charge in [-0.05, 0) is 62.4 Å². The third kappa shape index (κ3) is 5.44. The zero-order valence-electron chi connectivity index (χ0n) is 23.4. The Morgan fingerprint density at radius 2 is 1.88 bits per heavy atom. The fraction of sp³-hybridized carbons (Fsp3) is 0.333. The molecule has 0 unspecified atom stereocenters. The number of anilines is 1. The Labute approximate surface area is 238 Å². The quantitative estimate of drug-likeness (QED) is 0.286. The molecule has 0 atom stereocenters. The first kappa shape index (κ1) is 27.0. The van der Waals surface area contributed by atoms with Gasteiger partial charge in [0.2, 0.25) is 0 Å². The van der Waals surface area contributed by atoms with Crippen molar-refractivity contribution in [3.05, 3.63) is 83.8 Å². The minimum atomic E-state index is -0.867. The topological polar surface area (TPSA) is 76.3 Å². The molecule has 0 aliphatic carbocycles. The van der Waals surface area contributed by atoms with Crippen molar-refractivity contribution in [1.29, 1.82) is 0 Å². The predicted octanol–water partition coefficient (Wildman–Crippen LogP) is 6.46. The van der Waals surface area contributed by atoms with Gasteiger partial charge in [0.1, 0.15) is 11.5 Å². The van der Waals surface area contributed by atoms with Crippen LogP contribution in [0.3, 0.4) is 0 Å². The second kappa shape index (κ2) is 11.0. The molecule has 2 aromatic heterocycles. The summed E-state index contributed by atoms with van der Waals surface area (Å²) in [4.78, 5) is 19.1. The van der Waals surface area contributed by atoms with Crippen molar-refractivity contribution in [2.75, 3.05) is 31.2 Å². The summed E-state index contributed by atoms with van der Waals surface area (Å²) in [6.45, 7) is 6.41. The van der Waals surface area contributed by atoms with E-state index in [0.29, 0.717) is 25.2 Å². The number of aromatic nitrogens is 2. The van der Waals surface area contributed by atoms with Crippen LogP contribution in [0.4, 0.5) is 10.2 Å². The Morgan fingerprint density at radius 3 is 2.68 bits per heavy atom. The summed E-state index contributed by atoms with van der Waals surface area (Å²) in [5, 5.41) is 9.77. The Kier molecular flexibility index (Phi) is 7.26. The highest BCUT2D eigenvalue weighted by Crippen LogP contribution is 2.37. The van der Waals surface area contributed by atoms with E-state index in [4.69, 9.17) is 14.5 Å². The van der Waals surface area contributed by atoms with Crippen molar-refractivity contribution in [3.63, 3.8) is 0 Å². The highest BCUT2D eigenvalue weighted by Gasteiger charge is 2.33. The number of fused-ring (bicyclic) bond motifs is 7. The number of aryl methyl sites for hydroxylation is 1. The number of halogens is 1. The van der Waals surface area contributed by atoms with Gasteiger partial charge in [-0.2, -0.15) is 0 Å². The first-order chi connectivity index (χ1) is 19.8. The maximum Gasteiger partial charge on any atom is 0.307 e. The van der Waals surface area contributed by atoms with Gasteiger partial charge in [-0.25, -0.2) is 9.37 Å². The summed E-state index contributed by atoms with van der Waals surface area (Å²) in [6, 6.07) is 14.8. The van der Waals surface area contributed by atoms with Crippen LogP contribution in [-0.2, 0) is 16.0 Å². The number of imidazole rings is 1. The first-order valence-electron chi connectivity index (χ1n) is 14.1. The van der Waals surface area contributed by atoms with Crippen molar-refractivity contribution in [2.45, 2.75) is 45.1 Å². The average Bonchev–Trinajstić information content (AvgIpc) is 3.37. The minimum absolute atomic E-state index is 0.0719. The zero-order valence-corrected chi connectivity index (χ0v) is 23.4.